The summed E-state index contributed by atoms with van der Waals surface area (Å²) in [6, 6.07) is 9.37. The molecule has 1 aliphatic heterocycles. The predicted molar refractivity (Wildman–Crippen MR) is 58.4 cm³/mol. The van der Waals surface area contributed by atoms with Gasteiger partial charge in [-0.3, -0.25) is 0 Å². The van der Waals surface area contributed by atoms with Crippen molar-refractivity contribution in [2.75, 3.05) is 6.61 Å². The standard InChI is InChI=1S/C13H12O3/c14-12(11-5-2-7-15-11)10-4-1-3-9-6-8-16-13(9)10/h1-5,7,12,14H,6,8H2. The van der Waals surface area contributed by atoms with Crippen molar-refractivity contribution in [1.82, 2.24) is 0 Å². The van der Waals surface area contributed by atoms with Crippen LogP contribution in [0.3, 0.4) is 0 Å². The molecule has 82 valence electrons. The van der Waals surface area contributed by atoms with Crippen LogP contribution in [0.25, 0.3) is 0 Å². The van der Waals surface area contributed by atoms with Gasteiger partial charge in [0.15, 0.2) is 0 Å². The Kier molecular flexibility index (Phi) is 2.18. The number of aliphatic hydroxyl groups excluding tert-OH is 1. The average Bonchev–Trinajstić information content (AvgIpc) is 2.98. The molecule has 1 unspecified atom stereocenters. The van der Waals surface area contributed by atoms with Crippen LogP contribution in [0.5, 0.6) is 5.75 Å². The van der Waals surface area contributed by atoms with Crippen LogP contribution in [0.4, 0.5) is 0 Å². The Morgan fingerprint density at radius 2 is 2.12 bits per heavy atom. The first-order valence-corrected chi connectivity index (χ1v) is 5.32. The average molecular weight is 216 g/mol. The number of aliphatic hydroxyl groups is 1. The van der Waals surface area contributed by atoms with Crippen molar-refractivity contribution in [3.8, 4) is 5.75 Å². The van der Waals surface area contributed by atoms with E-state index in [4.69, 9.17) is 9.15 Å². The summed E-state index contributed by atoms with van der Waals surface area (Å²) in [6.45, 7) is 0.692. The lowest BCUT2D eigenvalue weighted by atomic mass is 10.0. The normalized spacial score (nSPS) is 15.6. The highest BCUT2D eigenvalue weighted by Gasteiger charge is 2.22. The first kappa shape index (κ1) is 9.48. The first-order valence-electron chi connectivity index (χ1n) is 5.32. The molecule has 0 aliphatic carbocycles. The van der Waals surface area contributed by atoms with E-state index in [1.54, 1.807) is 18.4 Å². The smallest absolute Gasteiger partial charge is 0.140 e. The van der Waals surface area contributed by atoms with Crippen molar-refractivity contribution < 1.29 is 14.3 Å². The van der Waals surface area contributed by atoms with Gasteiger partial charge in [0.2, 0.25) is 0 Å². The third-order valence-electron chi connectivity index (χ3n) is 2.85. The molecule has 2 aromatic rings. The molecule has 1 atom stereocenters. The van der Waals surface area contributed by atoms with E-state index >= 15 is 0 Å². The molecule has 1 aromatic carbocycles. The van der Waals surface area contributed by atoms with E-state index < -0.39 is 6.10 Å². The summed E-state index contributed by atoms with van der Waals surface area (Å²) in [7, 11) is 0. The van der Waals surface area contributed by atoms with Gasteiger partial charge in [-0.15, -0.1) is 0 Å². The number of ether oxygens (including phenoxy) is 1. The Labute approximate surface area is 93.3 Å². The number of furan rings is 1. The molecule has 1 aliphatic rings. The van der Waals surface area contributed by atoms with Crippen molar-refractivity contribution in [2.24, 2.45) is 0 Å². The molecular formula is C13H12O3. The molecule has 3 rings (SSSR count). The van der Waals surface area contributed by atoms with Gasteiger partial charge in [-0.25, -0.2) is 0 Å². The van der Waals surface area contributed by atoms with Gasteiger partial charge in [0.25, 0.3) is 0 Å². The summed E-state index contributed by atoms with van der Waals surface area (Å²) in [4.78, 5) is 0. The van der Waals surface area contributed by atoms with Crippen LogP contribution in [0.15, 0.2) is 41.0 Å². The Bertz CT molecular complexity index is 488. The van der Waals surface area contributed by atoms with Crippen LogP contribution in [0.2, 0.25) is 0 Å². The summed E-state index contributed by atoms with van der Waals surface area (Å²) in [5.74, 6) is 1.36. The van der Waals surface area contributed by atoms with Gasteiger partial charge in [-0.2, -0.15) is 0 Å². The lowest BCUT2D eigenvalue weighted by Gasteiger charge is -2.12. The van der Waals surface area contributed by atoms with Crippen LogP contribution in [-0.2, 0) is 6.42 Å². The molecule has 0 radical (unpaired) electrons. The lowest BCUT2D eigenvalue weighted by Crippen LogP contribution is -2.00. The highest BCUT2D eigenvalue weighted by atomic mass is 16.5. The number of hydrogen-bond acceptors (Lipinski definition) is 3. The summed E-state index contributed by atoms with van der Waals surface area (Å²) >= 11 is 0. The molecule has 0 saturated heterocycles. The molecule has 16 heavy (non-hydrogen) atoms. The van der Waals surface area contributed by atoms with Crippen LogP contribution in [0.1, 0.15) is 23.0 Å². The number of benzene rings is 1. The lowest BCUT2D eigenvalue weighted by molar-refractivity contribution is 0.184. The van der Waals surface area contributed by atoms with Gasteiger partial charge in [0, 0.05) is 12.0 Å². The van der Waals surface area contributed by atoms with E-state index in [0.717, 1.165) is 23.3 Å². The molecule has 1 aromatic heterocycles. The van der Waals surface area contributed by atoms with Crippen molar-refractivity contribution in [1.29, 1.82) is 0 Å². The van der Waals surface area contributed by atoms with Crippen LogP contribution < -0.4 is 4.74 Å². The van der Waals surface area contributed by atoms with E-state index in [0.29, 0.717) is 12.4 Å². The Morgan fingerprint density at radius 3 is 2.94 bits per heavy atom. The SMILES string of the molecule is OC(c1ccco1)c1cccc2c1OCC2. The zero-order valence-corrected chi connectivity index (χ0v) is 8.72. The van der Waals surface area contributed by atoms with Gasteiger partial charge in [-0.1, -0.05) is 18.2 Å². The van der Waals surface area contributed by atoms with E-state index in [2.05, 4.69) is 0 Å². The fraction of sp³-hybridized carbons (Fsp3) is 0.231. The monoisotopic (exact) mass is 216 g/mol. The zero-order valence-electron chi connectivity index (χ0n) is 8.72. The van der Waals surface area contributed by atoms with Crippen molar-refractivity contribution in [2.45, 2.75) is 12.5 Å². The quantitative estimate of drug-likeness (QED) is 0.837. The molecular weight excluding hydrogens is 204 g/mol. The van der Waals surface area contributed by atoms with Gasteiger partial charge < -0.3 is 14.3 Å². The van der Waals surface area contributed by atoms with Crippen molar-refractivity contribution >= 4 is 0 Å². The predicted octanol–water partition coefficient (Wildman–Crippen LogP) is 2.30. The molecule has 3 nitrogen and oxygen atoms in total. The molecule has 1 N–H and O–H groups in total. The Hall–Kier alpha value is -1.74. The number of para-hydroxylation sites is 1. The largest absolute Gasteiger partial charge is 0.493 e. The third-order valence-corrected chi connectivity index (χ3v) is 2.85. The second kappa shape index (κ2) is 3.68. The van der Waals surface area contributed by atoms with E-state index in [1.165, 1.54) is 0 Å². The topological polar surface area (TPSA) is 42.6 Å². The fourth-order valence-electron chi connectivity index (χ4n) is 2.06. The van der Waals surface area contributed by atoms with Gasteiger partial charge >= 0.3 is 0 Å². The highest BCUT2D eigenvalue weighted by molar-refractivity contribution is 5.46. The Morgan fingerprint density at radius 1 is 1.19 bits per heavy atom. The maximum atomic E-state index is 10.2. The van der Waals surface area contributed by atoms with Crippen LogP contribution in [0, 0.1) is 0 Å². The minimum absolute atomic E-state index is 0.545. The van der Waals surface area contributed by atoms with E-state index in [9.17, 15) is 5.11 Å². The number of rotatable bonds is 2. The van der Waals surface area contributed by atoms with E-state index in [1.807, 2.05) is 18.2 Å². The van der Waals surface area contributed by atoms with Crippen LogP contribution >= 0.6 is 0 Å². The minimum atomic E-state index is -0.747. The second-order valence-corrected chi connectivity index (χ2v) is 3.85. The number of fused-ring (bicyclic) bond motifs is 1. The zero-order chi connectivity index (χ0) is 11.0. The van der Waals surface area contributed by atoms with Gasteiger partial charge in [0.1, 0.15) is 17.6 Å². The first-order chi connectivity index (χ1) is 7.86. The van der Waals surface area contributed by atoms with Crippen molar-refractivity contribution in [3.05, 3.63) is 53.5 Å². The third kappa shape index (κ3) is 1.41. The van der Waals surface area contributed by atoms with E-state index in [-0.39, 0.29) is 0 Å². The fourth-order valence-corrected chi connectivity index (χ4v) is 2.06. The Balaban J connectivity index is 2.04. The maximum absolute atomic E-state index is 10.2. The molecule has 0 fully saturated rings. The van der Waals surface area contributed by atoms with Gasteiger partial charge in [0.05, 0.1) is 12.9 Å². The molecule has 2 heterocycles. The second-order valence-electron chi connectivity index (χ2n) is 3.85. The molecule has 0 spiro atoms. The molecule has 0 saturated carbocycles. The molecule has 0 bridgehead atoms. The highest BCUT2D eigenvalue weighted by Crippen LogP contribution is 2.35. The summed E-state index contributed by atoms with van der Waals surface area (Å²) in [5.41, 5.74) is 1.94. The number of hydrogen-bond donors (Lipinski definition) is 1. The summed E-state index contributed by atoms with van der Waals surface area (Å²) in [6.07, 6.45) is 1.72. The summed E-state index contributed by atoms with van der Waals surface area (Å²) < 4.78 is 10.8. The minimum Gasteiger partial charge on any atom is -0.493 e. The maximum Gasteiger partial charge on any atom is 0.140 e. The summed E-state index contributed by atoms with van der Waals surface area (Å²) in [5, 5.41) is 10.2. The van der Waals surface area contributed by atoms with Crippen LogP contribution in [-0.4, -0.2) is 11.7 Å². The van der Waals surface area contributed by atoms with Gasteiger partial charge in [-0.05, 0) is 17.7 Å². The molecule has 3 heteroatoms. The van der Waals surface area contributed by atoms with Crippen molar-refractivity contribution in [3.63, 3.8) is 0 Å². The molecule has 0 amide bonds.